The average molecular weight is 437 g/mol. The second kappa shape index (κ2) is 7.85. The van der Waals surface area contributed by atoms with Crippen molar-refractivity contribution in [3.8, 4) is 22.3 Å². The summed E-state index contributed by atoms with van der Waals surface area (Å²) in [4.78, 5) is 0. The first-order valence-corrected chi connectivity index (χ1v) is 12.0. The van der Waals surface area contributed by atoms with Crippen molar-refractivity contribution in [2.45, 2.75) is 26.2 Å². The fourth-order valence-electron chi connectivity index (χ4n) is 6.04. The number of fused-ring (bicyclic) bond motifs is 3. The quantitative estimate of drug-likeness (QED) is 0.260. The number of aryl methyl sites for hydroxylation is 3. The van der Waals surface area contributed by atoms with Crippen LogP contribution in [0.15, 0.2) is 115 Å². The molecule has 0 fully saturated rings. The van der Waals surface area contributed by atoms with E-state index in [1.807, 2.05) is 0 Å². The Labute approximate surface area is 202 Å². The highest BCUT2D eigenvalue weighted by atomic mass is 14.5. The molecule has 5 aromatic carbocycles. The van der Waals surface area contributed by atoms with E-state index < -0.39 is 0 Å². The summed E-state index contributed by atoms with van der Waals surface area (Å²) in [5, 5.41) is 0. The maximum atomic E-state index is 2.37. The molecule has 0 saturated carbocycles. The maximum absolute atomic E-state index is 2.37. The summed E-state index contributed by atoms with van der Waals surface area (Å²) < 4.78 is 0. The molecule has 0 heterocycles. The molecule has 34 heavy (non-hydrogen) atoms. The minimum Gasteiger partial charge on any atom is -0.0620 e. The molecule has 0 N–H and O–H groups in total. The van der Waals surface area contributed by atoms with Gasteiger partial charge in [-0.1, -0.05) is 121 Å². The summed E-state index contributed by atoms with van der Waals surface area (Å²) in [6.07, 6.45) is 0. The summed E-state index contributed by atoms with van der Waals surface area (Å²) >= 11 is 0. The molecule has 0 spiro atoms. The molecule has 0 heteroatoms. The second-order valence-electron chi connectivity index (χ2n) is 9.56. The van der Waals surface area contributed by atoms with Crippen LogP contribution in [-0.4, -0.2) is 0 Å². The number of hydrogen-bond acceptors (Lipinski definition) is 0. The van der Waals surface area contributed by atoms with Crippen LogP contribution in [-0.2, 0) is 5.41 Å². The first kappa shape index (κ1) is 20.7. The van der Waals surface area contributed by atoms with Gasteiger partial charge in [0, 0.05) is 0 Å². The molecule has 0 amide bonds. The minimum atomic E-state index is -0.340. The standard InChI is InChI=1S/C34H28/c1-23-11-10-13-26(21-23)27-19-20-31(25(3)22-27)34(30-16-7-4-12-24(30)2)32-17-8-5-14-28(32)29-15-6-9-18-33(29)34/h4-22H,1-3H3. The largest absolute Gasteiger partial charge is 0.0718 e. The van der Waals surface area contributed by atoms with Crippen LogP contribution in [0.4, 0.5) is 0 Å². The van der Waals surface area contributed by atoms with Gasteiger partial charge in [0.15, 0.2) is 0 Å². The van der Waals surface area contributed by atoms with Crippen molar-refractivity contribution >= 4 is 0 Å². The van der Waals surface area contributed by atoms with Gasteiger partial charge in [-0.2, -0.15) is 0 Å². The Morgan fingerprint density at radius 3 is 1.59 bits per heavy atom. The van der Waals surface area contributed by atoms with Gasteiger partial charge in [-0.3, -0.25) is 0 Å². The van der Waals surface area contributed by atoms with Gasteiger partial charge in [0.05, 0.1) is 5.41 Å². The fraction of sp³-hybridized carbons (Fsp3) is 0.118. The second-order valence-corrected chi connectivity index (χ2v) is 9.56. The Morgan fingerprint density at radius 1 is 0.412 bits per heavy atom. The van der Waals surface area contributed by atoms with E-state index in [9.17, 15) is 0 Å². The maximum Gasteiger partial charge on any atom is 0.0718 e. The van der Waals surface area contributed by atoms with Gasteiger partial charge in [-0.15, -0.1) is 0 Å². The van der Waals surface area contributed by atoms with E-state index in [2.05, 4.69) is 136 Å². The minimum absolute atomic E-state index is 0.340. The third kappa shape index (κ3) is 2.92. The van der Waals surface area contributed by atoms with Gasteiger partial charge in [0.1, 0.15) is 0 Å². The van der Waals surface area contributed by atoms with Crippen LogP contribution in [0, 0.1) is 20.8 Å². The Balaban J connectivity index is 1.70. The fourth-order valence-corrected chi connectivity index (χ4v) is 6.04. The van der Waals surface area contributed by atoms with Crippen LogP contribution in [0.2, 0.25) is 0 Å². The van der Waals surface area contributed by atoms with Gasteiger partial charge in [0.2, 0.25) is 0 Å². The van der Waals surface area contributed by atoms with Crippen molar-refractivity contribution < 1.29 is 0 Å². The number of rotatable bonds is 3. The molecular weight excluding hydrogens is 408 g/mol. The van der Waals surface area contributed by atoms with Gasteiger partial charge >= 0.3 is 0 Å². The highest BCUT2D eigenvalue weighted by molar-refractivity contribution is 5.87. The van der Waals surface area contributed by atoms with Crippen LogP contribution in [0.1, 0.15) is 38.9 Å². The molecular formula is C34H28. The first-order valence-electron chi connectivity index (χ1n) is 12.0. The molecule has 0 atom stereocenters. The molecule has 1 aliphatic carbocycles. The molecule has 0 saturated heterocycles. The third-order valence-electron chi connectivity index (χ3n) is 7.48. The molecule has 0 nitrogen and oxygen atoms in total. The molecule has 0 bridgehead atoms. The Kier molecular flexibility index (Phi) is 4.78. The van der Waals surface area contributed by atoms with Crippen molar-refractivity contribution in [2.24, 2.45) is 0 Å². The molecule has 1 aliphatic rings. The lowest BCUT2D eigenvalue weighted by Crippen LogP contribution is -2.30. The van der Waals surface area contributed by atoms with Crippen molar-refractivity contribution in [2.75, 3.05) is 0 Å². The van der Waals surface area contributed by atoms with E-state index in [0.29, 0.717) is 0 Å². The smallest absolute Gasteiger partial charge is 0.0620 e. The van der Waals surface area contributed by atoms with Crippen LogP contribution >= 0.6 is 0 Å². The van der Waals surface area contributed by atoms with Crippen LogP contribution in [0.3, 0.4) is 0 Å². The van der Waals surface area contributed by atoms with E-state index in [4.69, 9.17) is 0 Å². The van der Waals surface area contributed by atoms with E-state index in [0.717, 1.165) is 0 Å². The topological polar surface area (TPSA) is 0 Å². The van der Waals surface area contributed by atoms with Gasteiger partial charge in [-0.05, 0) is 76.4 Å². The van der Waals surface area contributed by atoms with Crippen LogP contribution in [0.5, 0.6) is 0 Å². The molecule has 0 aliphatic heterocycles. The highest BCUT2D eigenvalue weighted by Gasteiger charge is 2.47. The van der Waals surface area contributed by atoms with Crippen molar-refractivity contribution in [1.29, 1.82) is 0 Å². The normalized spacial score (nSPS) is 13.4. The van der Waals surface area contributed by atoms with E-state index >= 15 is 0 Å². The Hall–Kier alpha value is -3.90. The van der Waals surface area contributed by atoms with E-state index in [1.54, 1.807) is 0 Å². The van der Waals surface area contributed by atoms with Crippen molar-refractivity contribution in [3.05, 3.63) is 154 Å². The summed E-state index contributed by atoms with van der Waals surface area (Å²) in [5.41, 5.74) is 14.2. The SMILES string of the molecule is Cc1cccc(-c2ccc(C3(c4ccccc4C)c4ccccc4-c4ccccc43)c(C)c2)c1. The lowest BCUT2D eigenvalue weighted by atomic mass is 9.65. The van der Waals surface area contributed by atoms with Gasteiger partial charge in [0.25, 0.3) is 0 Å². The summed E-state index contributed by atoms with van der Waals surface area (Å²) in [6.45, 7) is 6.68. The van der Waals surface area contributed by atoms with E-state index in [1.165, 1.54) is 61.2 Å². The molecule has 6 rings (SSSR count). The zero-order chi connectivity index (χ0) is 23.3. The summed E-state index contributed by atoms with van der Waals surface area (Å²) in [5.74, 6) is 0. The Bertz CT molecular complexity index is 1490. The molecule has 0 aromatic heterocycles. The number of hydrogen-bond donors (Lipinski definition) is 0. The highest BCUT2D eigenvalue weighted by Crippen LogP contribution is 2.57. The molecule has 0 radical (unpaired) electrons. The van der Waals surface area contributed by atoms with Gasteiger partial charge in [-0.25, -0.2) is 0 Å². The third-order valence-corrected chi connectivity index (χ3v) is 7.48. The van der Waals surface area contributed by atoms with E-state index in [-0.39, 0.29) is 5.41 Å². The number of benzene rings is 5. The average Bonchev–Trinajstić information content (AvgIpc) is 3.15. The zero-order valence-electron chi connectivity index (χ0n) is 20.0. The van der Waals surface area contributed by atoms with Crippen molar-refractivity contribution in [1.82, 2.24) is 0 Å². The lowest BCUT2D eigenvalue weighted by molar-refractivity contribution is 0.754. The predicted octanol–water partition coefficient (Wildman–Crippen LogP) is 8.64. The van der Waals surface area contributed by atoms with Crippen LogP contribution < -0.4 is 0 Å². The molecule has 0 unspecified atom stereocenters. The Morgan fingerprint density at radius 2 is 0.971 bits per heavy atom. The van der Waals surface area contributed by atoms with Gasteiger partial charge < -0.3 is 0 Å². The lowest BCUT2D eigenvalue weighted by Gasteiger charge is -2.36. The first-order chi connectivity index (χ1) is 16.6. The predicted molar refractivity (Wildman–Crippen MR) is 143 cm³/mol. The summed E-state index contributed by atoms with van der Waals surface area (Å²) in [7, 11) is 0. The monoisotopic (exact) mass is 436 g/mol. The summed E-state index contributed by atoms with van der Waals surface area (Å²) in [6, 6.07) is 42.7. The van der Waals surface area contributed by atoms with Crippen molar-refractivity contribution in [3.63, 3.8) is 0 Å². The zero-order valence-corrected chi connectivity index (χ0v) is 20.0. The van der Waals surface area contributed by atoms with Crippen LogP contribution in [0.25, 0.3) is 22.3 Å². The molecule has 164 valence electrons. The molecule has 5 aromatic rings.